The molecule has 3 N–H and O–H groups in total. The lowest BCUT2D eigenvalue weighted by molar-refractivity contribution is -0.378. The average molecular weight is 401 g/mol. The summed E-state index contributed by atoms with van der Waals surface area (Å²) in [4.78, 5) is 24.5. The molecule has 4 rings (SSSR count). The minimum absolute atomic E-state index is 0.165. The quantitative estimate of drug-likeness (QED) is 0.474. The maximum atomic E-state index is 12.4. The second kappa shape index (κ2) is 8.73. The van der Waals surface area contributed by atoms with Crippen molar-refractivity contribution in [1.29, 1.82) is 0 Å². The average Bonchev–Trinajstić information content (AvgIpc) is 3.19. The standard InChI is InChI=1S/C23H24N6O/c1-3-20(4-2)29-13-10-17-15-25-23(28-21(17)29)27-19-7-5-6-18(14-19)26-22(30)16-8-11-24-12-9-16/h5-15,20H,3-4H2,1-2H3,(H,26,30)(H,25,27,28)/p+1. The highest BCUT2D eigenvalue weighted by atomic mass is 16.1. The van der Waals surface area contributed by atoms with E-state index in [4.69, 9.17) is 4.98 Å². The number of rotatable bonds is 7. The van der Waals surface area contributed by atoms with Gasteiger partial charge in [0.1, 0.15) is 5.65 Å². The van der Waals surface area contributed by atoms with Crippen molar-refractivity contribution in [3.05, 3.63) is 72.8 Å². The molecule has 0 radical (unpaired) electrons. The summed E-state index contributed by atoms with van der Waals surface area (Å²) < 4.78 is 2.22. The van der Waals surface area contributed by atoms with Crippen LogP contribution in [0.25, 0.3) is 11.0 Å². The van der Waals surface area contributed by atoms with Crippen LogP contribution < -0.4 is 15.6 Å². The van der Waals surface area contributed by atoms with Crippen LogP contribution in [0.15, 0.2) is 67.3 Å². The highest BCUT2D eigenvalue weighted by Crippen LogP contribution is 2.25. The van der Waals surface area contributed by atoms with Crippen LogP contribution in [0.4, 0.5) is 17.3 Å². The molecule has 0 saturated carbocycles. The van der Waals surface area contributed by atoms with Gasteiger partial charge in [0.05, 0.1) is 5.56 Å². The number of nitrogens with one attached hydrogen (secondary N) is 3. The summed E-state index contributed by atoms with van der Waals surface area (Å²) in [7, 11) is 0. The van der Waals surface area contributed by atoms with E-state index in [9.17, 15) is 4.79 Å². The van der Waals surface area contributed by atoms with Crippen molar-refractivity contribution in [2.75, 3.05) is 10.6 Å². The van der Waals surface area contributed by atoms with E-state index in [2.05, 4.69) is 51.3 Å². The Labute approximate surface area is 175 Å². The van der Waals surface area contributed by atoms with Gasteiger partial charge >= 0.3 is 0 Å². The van der Waals surface area contributed by atoms with Crippen LogP contribution in [-0.2, 0) is 0 Å². The summed E-state index contributed by atoms with van der Waals surface area (Å²) in [6.45, 7) is 4.38. The van der Waals surface area contributed by atoms with Gasteiger partial charge in [0.2, 0.25) is 5.95 Å². The minimum Gasteiger partial charge on any atom is -0.329 e. The van der Waals surface area contributed by atoms with Crippen molar-refractivity contribution in [2.24, 2.45) is 0 Å². The summed E-state index contributed by atoms with van der Waals surface area (Å²) in [5.41, 5.74) is 3.00. The van der Waals surface area contributed by atoms with E-state index in [1.165, 1.54) is 0 Å². The number of hydrogen-bond donors (Lipinski definition) is 2. The number of H-pyrrole nitrogens is 1. The third-order valence-electron chi connectivity index (χ3n) is 5.15. The van der Waals surface area contributed by atoms with Crippen molar-refractivity contribution >= 4 is 34.3 Å². The summed E-state index contributed by atoms with van der Waals surface area (Å²) in [5, 5.41) is 7.18. The minimum atomic E-state index is -0.165. The second-order valence-corrected chi connectivity index (χ2v) is 7.11. The van der Waals surface area contributed by atoms with Gasteiger partial charge in [-0.3, -0.25) is 4.79 Å². The lowest BCUT2D eigenvalue weighted by Crippen LogP contribution is -2.13. The number of benzene rings is 1. The van der Waals surface area contributed by atoms with Crippen molar-refractivity contribution < 1.29 is 9.78 Å². The Hall–Kier alpha value is -3.74. The molecule has 7 heteroatoms. The normalized spacial score (nSPS) is 11.0. The van der Waals surface area contributed by atoms with Gasteiger partial charge in [-0.2, -0.15) is 4.98 Å². The smallest absolute Gasteiger partial charge is 0.256 e. The van der Waals surface area contributed by atoms with Crippen molar-refractivity contribution in [3.63, 3.8) is 0 Å². The fourth-order valence-corrected chi connectivity index (χ4v) is 3.52. The molecular weight excluding hydrogens is 376 g/mol. The maximum absolute atomic E-state index is 12.4. The molecule has 3 aromatic heterocycles. The van der Waals surface area contributed by atoms with E-state index in [1.54, 1.807) is 24.5 Å². The summed E-state index contributed by atoms with van der Waals surface area (Å²) >= 11 is 0. The van der Waals surface area contributed by atoms with Crippen molar-refractivity contribution in [1.82, 2.24) is 14.5 Å². The molecule has 0 saturated heterocycles. The lowest BCUT2D eigenvalue weighted by atomic mass is 10.2. The van der Waals surface area contributed by atoms with Gasteiger partial charge < -0.3 is 15.2 Å². The van der Waals surface area contributed by atoms with E-state index in [0.29, 0.717) is 23.2 Å². The molecule has 7 nitrogen and oxygen atoms in total. The third-order valence-corrected chi connectivity index (χ3v) is 5.15. The monoisotopic (exact) mass is 401 g/mol. The van der Waals surface area contributed by atoms with Gasteiger partial charge in [-0.25, -0.2) is 9.97 Å². The van der Waals surface area contributed by atoms with Gasteiger partial charge in [-0.15, -0.1) is 0 Å². The Morgan fingerprint density at radius 2 is 1.87 bits per heavy atom. The zero-order chi connectivity index (χ0) is 20.9. The second-order valence-electron chi connectivity index (χ2n) is 7.11. The first-order chi connectivity index (χ1) is 14.7. The predicted octanol–water partition coefficient (Wildman–Crippen LogP) is 4.60. The highest BCUT2D eigenvalue weighted by molar-refractivity contribution is 6.04. The van der Waals surface area contributed by atoms with Crippen LogP contribution in [0.5, 0.6) is 0 Å². The molecule has 0 unspecified atom stereocenters. The zero-order valence-corrected chi connectivity index (χ0v) is 17.1. The SMILES string of the molecule is CCC(CC)n1ccc2cnc(Nc3cccc(NC(=O)c4cc[nH+]cc4)c3)nc21. The molecule has 30 heavy (non-hydrogen) atoms. The first-order valence-corrected chi connectivity index (χ1v) is 10.2. The van der Waals surface area contributed by atoms with Crippen LogP contribution in [0.2, 0.25) is 0 Å². The van der Waals surface area contributed by atoms with Crippen molar-refractivity contribution in [2.45, 2.75) is 32.7 Å². The van der Waals surface area contributed by atoms with Crippen LogP contribution in [-0.4, -0.2) is 20.4 Å². The van der Waals surface area contributed by atoms with Gasteiger partial charge in [0, 0.05) is 47.3 Å². The Kier molecular flexibility index (Phi) is 5.70. The number of hydrogen-bond acceptors (Lipinski definition) is 4. The number of amides is 1. The zero-order valence-electron chi connectivity index (χ0n) is 17.1. The predicted molar refractivity (Wildman–Crippen MR) is 118 cm³/mol. The molecule has 0 aliphatic heterocycles. The van der Waals surface area contributed by atoms with Gasteiger partial charge in [-0.1, -0.05) is 19.9 Å². The first-order valence-electron chi connectivity index (χ1n) is 10.2. The van der Waals surface area contributed by atoms with Gasteiger partial charge in [0.15, 0.2) is 12.4 Å². The molecule has 0 atom stereocenters. The molecule has 0 fully saturated rings. The molecule has 152 valence electrons. The molecule has 0 spiro atoms. The Morgan fingerprint density at radius 3 is 2.63 bits per heavy atom. The van der Waals surface area contributed by atoms with Crippen molar-refractivity contribution in [3.8, 4) is 0 Å². The van der Waals surface area contributed by atoms with E-state index in [-0.39, 0.29) is 5.91 Å². The van der Waals surface area contributed by atoms with Crippen LogP contribution in [0.3, 0.4) is 0 Å². The maximum Gasteiger partial charge on any atom is 0.256 e. The largest absolute Gasteiger partial charge is 0.329 e. The van der Waals surface area contributed by atoms with E-state index in [0.717, 1.165) is 29.6 Å². The number of fused-ring (bicyclic) bond motifs is 1. The molecule has 1 amide bonds. The third kappa shape index (κ3) is 4.15. The number of aromatic nitrogens is 4. The number of carbonyl (C=O) groups is 1. The van der Waals surface area contributed by atoms with E-state index >= 15 is 0 Å². The van der Waals surface area contributed by atoms with Gasteiger partial charge in [-0.05, 0) is 37.1 Å². The fourth-order valence-electron chi connectivity index (χ4n) is 3.52. The van der Waals surface area contributed by atoms with E-state index in [1.807, 2.05) is 30.5 Å². The van der Waals surface area contributed by atoms with Crippen LogP contribution in [0, 0.1) is 0 Å². The number of pyridine rings is 1. The number of aromatic amines is 1. The van der Waals surface area contributed by atoms with E-state index < -0.39 is 0 Å². The van der Waals surface area contributed by atoms with Gasteiger partial charge in [0.25, 0.3) is 5.91 Å². The molecule has 1 aromatic carbocycles. The number of nitrogens with zero attached hydrogens (tertiary/aromatic N) is 3. The number of carbonyl (C=O) groups excluding carboxylic acids is 1. The topological polar surface area (TPSA) is 86.0 Å². The Bertz CT molecular complexity index is 1150. The molecule has 0 bridgehead atoms. The summed E-state index contributed by atoms with van der Waals surface area (Å²) in [6.07, 6.45) is 9.46. The molecular formula is C23H25N6O+. The lowest BCUT2D eigenvalue weighted by Gasteiger charge is -2.16. The molecule has 0 aliphatic carbocycles. The summed E-state index contributed by atoms with van der Waals surface area (Å²) in [5.74, 6) is 0.359. The number of anilines is 3. The Morgan fingerprint density at radius 1 is 1.10 bits per heavy atom. The first kappa shape index (κ1) is 19.6. The van der Waals surface area contributed by atoms with Crippen LogP contribution >= 0.6 is 0 Å². The highest BCUT2D eigenvalue weighted by Gasteiger charge is 2.12. The Balaban J connectivity index is 1.54. The summed E-state index contributed by atoms with van der Waals surface area (Å²) in [6, 6.07) is 13.4. The molecule has 4 aromatic rings. The van der Waals surface area contributed by atoms with Crippen LogP contribution in [0.1, 0.15) is 43.1 Å². The fraction of sp³-hybridized carbons (Fsp3) is 0.217. The molecule has 3 heterocycles. The molecule has 0 aliphatic rings.